The maximum Gasteiger partial charge on any atom is 0.127 e. The third-order valence-electron chi connectivity index (χ3n) is 4.37. The predicted molar refractivity (Wildman–Crippen MR) is 97.6 cm³/mol. The van der Waals surface area contributed by atoms with Crippen molar-refractivity contribution in [2.75, 3.05) is 6.54 Å². The minimum atomic E-state index is -0.292. The molecule has 4 heteroatoms. The molecule has 2 aromatic rings. The first-order valence-electron chi connectivity index (χ1n) is 8.28. The van der Waals surface area contributed by atoms with Gasteiger partial charge in [-0.1, -0.05) is 36.4 Å². The molecule has 0 amide bonds. The Balaban J connectivity index is 0.00000192. The minimum Gasteiger partial charge on any atom is -0.490 e. The summed E-state index contributed by atoms with van der Waals surface area (Å²) in [5.41, 5.74) is 0. The summed E-state index contributed by atoms with van der Waals surface area (Å²) in [5, 5.41) is 15.3. The van der Waals surface area contributed by atoms with Gasteiger partial charge >= 0.3 is 0 Å². The van der Waals surface area contributed by atoms with Crippen LogP contribution in [0.25, 0.3) is 10.8 Å². The summed E-state index contributed by atoms with van der Waals surface area (Å²) < 4.78 is 6.30. The van der Waals surface area contributed by atoms with E-state index in [1.54, 1.807) is 0 Å². The van der Waals surface area contributed by atoms with Gasteiger partial charge in [-0.3, -0.25) is 0 Å². The molecular formula is C19H26ClNO2. The molecule has 3 rings (SSSR count). The van der Waals surface area contributed by atoms with Gasteiger partial charge in [0.05, 0.1) is 6.10 Å². The summed E-state index contributed by atoms with van der Waals surface area (Å²) in [5.74, 6) is 0.985. The largest absolute Gasteiger partial charge is 0.490 e. The van der Waals surface area contributed by atoms with Gasteiger partial charge in [-0.25, -0.2) is 0 Å². The van der Waals surface area contributed by atoms with E-state index >= 15 is 0 Å². The molecule has 0 spiro atoms. The number of aliphatic hydroxyl groups is 1. The number of hydrogen-bond donors (Lipinski definition) is 2. The molecule has 3 atom stereocenters. The molecule has 0 aliphatic heterocycles. The molecule has 0 aromatic heterocycles. The van der Waals surface area contributed by atoms with E-state index in [1.807, 2.05) is 6.92 Å². The molecule has 2 N–H and O–H groups in total. The van der Waals surface area contributed by atoms with Gasteiger partial charge in [0.15, 0.2) is 0 Å². The van der Waals surface area contributed by atoms with E-state index in [9.17, 15) is 5.11 Å². The molecule has 126 valence electrons. The number of halogens is 1. The number of ether oxygens (including phenoxy) is 1. The van der Waals surface area contributed by atoms with Gasteiger partial charge in [-0.05, 0) is 44.1 Å². The summed E-state index contributed by atoms with van der Waals surface area (Å²) in [7, 11) is 0. The molecule has 1 aliphatic rings. The van der Waals surface area contributed by atoms with Crippen molar-refractivity contribution in [2.45, 2.75) is 50.9 Å². The molecule has 0 heterocycles. The fourth-order valence-corrected chi connectivity index (χ4v) is 3.25. The van der Waals surface area contributed by atoms with Crippen LogP contribution in [0.3, 0.4) is 0 Å². The Labute approximate surface area is 144 Å². The monoisotopic (exact) mass is 335 g/mol. The maximum atomic E-state index is 9.41. The fourth-order valence-electron chi connectivity index (χ4n) is 3.25. The van der Waals surface area contributed by atoms with Crippen LogP contribution in [0, 0.1) is 0 Å². The minimum absolute atomic E-state index is 0. The molecule has 0 saturated heterocycles. The number of nitrogens with one attached hydrogen (secondary N) is 1. The second kappa shape index (κ2) is 8.53. The third-order valence-corrected chi connectivity index (χ3v) is 4.37. The van der Waals surface area contributed by atoms with Crippen LogP contribution in [0.2, 0.25) is 0 Å². The summed E-state index contributed by atoms with van der Waals surface area (Å²) in [4.78, 5) is 0. The Morgan fingerprint density at radius 1 is 1.17 bits per heavy atom. The zero-order chi connectivity index (χ0) is 15.4. The topological polar surface area (TPSA) is 41.5 Å². The van der Waals surface area contributed by atoms with Gasteiger partial charge in [-0.2, -0.15) is 0 Å². The van der Waals surface area contributed by atoms with Gasteiger partial charge in [0.1, 0.15) is 11.9 Å². The van der Waals surface area contributed by atoms with Crippen LogP contribution < -0.4 is 10.1 Å². The molecule has 23 heavy (non-hydrogen) atoms. The van der Waals surface area contributed by atoms with E-state index in [0.717, 1.165) is 18.6 Å². The van der Waals surface area contributed by atoms with Crippen LogP contribution >= 0.6 is 12.4 Å². The van der Waals surface area contributed by atoms with E-state index in [1.165, 1.54) is 23.6 Å². The van der Waals surface area contributed by atoms with Crippen molar-refractivity contribution in [3.63, 3.8) is 0 Å². The molecule has 2 aromatic carbocycles. The summed E-state index contributed by atoms with van der Waals surface area (Å²) in [6.07, 6.45) is 4.42. The first-order valence-corrected chi connectivity index (χ1v) is 8.28. The zero-order valence-corrected chi connectivity index (χ0v) is 14.4. The number of hydrogen-bond acceptors (Lipinski definition) is 3. The Morgan fingerprint density at radius 2 is 1.96 bits per heavy atom. The van der Waals surface area contributed by atoms with E-state index in [2.05, 4.69) is 47.8 Å². The van der Waals surface area contributed by atoms with Crippen LogP contribution in [0.15, 0.2) is 42.5 Å². The molecule has 0 bridgehead atoms. The van der Waals surface area contributed by atoms with Gasteiger partial charge in [0.25, 0.3) is 0 Å². The molecule has 1 aliphatic carbocycles. The molecular weight excluding hydrogens is 310 g/mol. The van der Waals surface area contributed by atoms with Gasteiger partial charge in [-0.15, -0.1) is 12.4 Å². The Bertz CT molecular complexity index is 612. The lowest BCUT2D eigenvalue weighted by Crippen LogP contribution is -2.40. The molecule has 1 saturated carbocycles. The summed E-state index contributed by atoms with van der Waals surface area (Å²) in [6.45, 7) is 2.48. The highest BCUT2D eigenvalue weighted by Crippen LogP contribution is 2.29. The van der Waals surface area contributed by atoms with Crippen molar-refractivity contribution in [1.82, 2.24) is 5.32 Å². The second-order valence-electron chi connectivity index (χ2n) is 6.34. The lowest BCUT2D eigenvalue weighted by atomic mass is 9.92. The third kappa shape index (κ3) is 4.84. The quantitative estimate of drug-likeness (QED) is 0.870. The molecule has 2 unspecified atom stereocenters. The van der Waals surface area contributed by atoms with Crippen molar-refractivity contribution in [3.8, 4) is 5.75 Å². The van der Waals surface area contributed by atoms with E-state index in [-0.39, 0.29) is 24.6 Å². The van der Waals surface area contributed by atoms with Crippen molar-refractivity contribution in [1.29, 1.82) is 0 Å². The molecule has 0 radical (unpaired) electrons. The first-order chi connectivity index (χ1) is 10.7. The SMILES string of the molecule is C[C@H](O)CNC1CCCC(Oc2cccc3ccccc23)C1.Cl. The normalized spacial score (nSPS) is 22.3. The van der Waals surface area contributed by atoms with E-state index in [4.69, 9.17) is 4.74 Å². The van der Waals surface area contributed by atoms with Crippen LogP contribution in [0.5, 0.6) is 5.75 Å². The fraction of sp³-hybridized carbons (Fsp3) is 0.474. The highest BCUT2D eigenvalue weighted by molar-refractivity contribution is 5.88. The average molecular weight is 336 g/mol. The van der Waals surface area contributed by atoms with Crippen molar-refractivity contribution >= 4 is 23.2 Å². The standard InChI is InChI=1S/C19H25NO2.ClH/c1-14(21)13-20-16-8-5-9-17(12-16)22-19-11-4-7-15-6-2-3-10-18(15)19;/h2-4,6-7,10-11,14,16-17,20-21H,5,8-9,12-13H2,1H3;1H/t14-,16?,17?;/m0./s1. The average Bonchev–Trinajstić information content (AvgIpc) is 2.54. The van der Waals surface area contributed by atoms with Crippen LogP contribution in [-0.4, -0.2) is 29.9 Å². The van der Waals surface area contributed by atoms with Crippen LogP contribution in [0.4, 0.5) is 0 Å². The van der Waals surface area contributed by atoms with Crippen molar-refractivity contribution < 1.29 is 9.84 Å². The number of benzene rings is 2. The Kier molecular flexibility index (Phi) is 6.70. The second-order valence-corrected chi connectivity index (χ2v) is 6.34. The highest BCUT2D eigenvalue weighted by atomic mass is 35.5. The predicted octanol–water partition coefficient (Wildman–Crippen LogP) is 3.92. The van der Waals surface area contributed by atoms with E-state index in [0.29, 0.717) is 12.6 Å². The highest BCUT2D eigenvalue weighted by Gasteiger charge is 2.23. The van der Waals surface area contributed by atoms with Crippen LogP contribution in [-0.2, 0) is 0 Å². The van der Waals surface area contributed by atoms with Crippen LogP contribution in [0.1, 0.15) is 32.6 Å². The maximum absolute atomic E-state index is 9.41. The molecule has 3 nitrogen and oxygen atoms in total. The number of rotatable bonds is 5. The van der Waals surface area contributed by atoms with Crippen molar-refractivity contribution in [3.05, 3.63) is 42.5 Å². The Hall–Kier alpha value is -1.29. The smallest absolute Gasteiger partial charge is 0.127 e. The van der Waals surface area contributed by atoms with Gasteiger partial charge in [0.2, 0.25) is 0 Å². The lowest BCUT2D eigenvalue weighted by molar-refractivity contribution is 0.126. The Morgan fingerprint density at radius 3 is 2.78 bits per heavy atom. The molecule has 1 fully saturated rings. The lowest BCUT2D eigenvalue weighted by Gasteiger charge is -2.31. The number of fused-ring (bicyclic) bond motifs is 1. The van der Waals surface area contributed by atoms with E-state index < -0.39 is 0 Å². The zero-order valence-electron chi connectivity index (χ0n) is 13.6. The van der Waals surface area contributed by atoms with Gasteiger partial charge in [0, 0.05) is 18.0 Å². The first kappa shape index (κ1) is 18.1. The van der Waals surface area contributed by atoms with Crippen molar-refractivity contribution in [2.24, 2.45) is 0 Å². The van der Waals surface area contributed by atoms with Gasteiger partial charge < -0.3 is 15.2 Å². The summed E-state index contributed by atoms with van der Waals surface area (Å²) in [6, 6.07) is 15.1. The summed E-state index contributed by atoms with van der Waals surface area (Å²) >= 11 is 0. The number of aliphatic hydroxyl groups excluding tert-OH is 1.